The molecular formula is C16H21N3O2. The van der Waals surface area contributed by atoms with Crippen molar-refractivity contribution in [1.29, 1.82) is 0 Å². The van der Waals surface area contributed by atoms with Crippen molar-refractivity contribution < 1.29 is 9.59 Å². The zero-order valence-electron chi connectivity index (χ0n) is 12.3. The summed E-state index contributed by atoms with van der Waals surface area (Å²) in [5.74, 6) is -0.159. The number of amides is 2. The number of carbonyl (C=O) groups excluding carboxylic acids is 2. The van der Waals surface area contributed by atoms with Gasteiger partial charge in [-0.05, 0) is 43.0 Å². The molecule has 2 aliphatic rings. The van der Waals surface area contributed by atoms with Gasteiger partial charge in [-0.3, -0.25) is 9.59 Å². The Kier molecular flexibility index (Phi) is 3.92. The lowest BCUT2D eigenvalue weighted by Gasteiger charge is -2.21. The predicted molar refractivity (Wildman–Crippen MR) is 79.7 cm³/mol. The zero-order valence-corrected chi connectivity index (χ0v) is 12.3. The minimum Gasteiger partial charge on any atom is -0.341 e. The van der Waals surface area contributed by atoms with Gasteiger partial charge in [-0.2, -0.15) is 0 Å². The first-order valence-corrected chi connectivity index (χ1v) is 7.57. The molecule has 112 valence electrons. The van der Waals surface area contributed by atoms with Crippen molar-refractivity contribution in [2.45, 2.75) is 38.9 Å². The van der Waals surface area contributed by atoms with Gasteiger partial charge >= 0.3 is 0 Å². The lowest BCUT2D eigenvalue weighted by atomic mass is 10.1. The van der Waals surface area contributed by atoms with Crippen LogP contribution in [-0.2, 0) is 17.9 Å². The summed E-state index contributed by atoms with van der Waals surface area (Å²) in [4.78, 5) is 26.3. The fraction of sp³-hybridized carbons (Fsp3) is 0.500. The van der Waals surface area contributed by atoms with E-state index in [4.69, 9.17) is 0 Å². The van der Waals surface area contributed by atoms with E-state index in [0.717, 1.165) is 39.0 Å². The summed E-state index contributed by atoms with van der Waals surface area (Å²) in [6.07, 6.45) is 2.12. The third kappa shape index (κ3) is 2.93. The zero-order chi connectivity index (χ0) is 14.8. The molecule has 1 fully saturated rings. The molecule has 2 amide bonds. The molecule has 21 heavy (non-hydrogen) atoms. The van der Waals surface area contributed by atoms with Gasteiger partial charge in [0.1, 0.15) is 6.04 Å². The maximum Gasteiger partial charge on any atom is 0.251 e. The van der Waals surface area contributed by atoms with Gasteiger partial charge < -0.3 is 15.5 Å². The number of nitrogens with one attached hydrogen (secondary N) is 2. The van der Waals surface area contributed by atoms with Crippen molar-refractivity contribution in [2.24, 2.45) is 0 Å². The van der Waals surface area contributed by atoms with Crippen molar-refractivity contribution in [1.82, 2.24) is 15.5 Å². The molecule has 1 saturated heterocycles. The molecule has 1 aromatic rings. The van der Waals surface area contributed by atoms with Crippen LogP contribution < -0.4 is 10.6 Å². The predicted octanol–water partition coefficient (Wildman–Crippen LogP) is 1.03. The van der Waals surface area contributed by atoms with Crippen LogP contribution in [0.3, 0.4) is 0 Å². The molecular weight excluding hydrogens is 266 g/mol. The van der Waals surface area contributed by atoms with Crippen LogP contribution in [0.25, 0.3) is 0 Å². The maximum atomic E-state index is 12.3. The van der Waals surface area contributed by atoms with Gasteiger partial charge in [-0.15, -0.1) is 0 Å². The largest absolute Gasteiger partial charge is 0.341 e. The maximum absolute atomic E-state index is 12.3. The third-order valence-electron chi connectivity index (χ3n) is 4.24. The van der Waals surface area contributed by atoms with Gasteiger partial charge in [0.05, 0.1) is 0 Å². The Labute approximate surface area is 124 Å². The Hall–Kier alpha value is -1.88. The normalized spacial score (nSPS) is 18.4. The molecule has 0 bridgehead atoms. The summed E-state index contributed by atoms with van der Waals surface area (Å²) in [5.41, 5.74) is 3.03. The minimum atomic E-state index is -0.470. The minimum absolute atomic E-state index is 0.0173. The Balaban J connectivity index is 1.64. The van der Waals surface area contributed by atoms with Crippen LogP contribution in [0.5, 0.6) is 0 Å². The van der Waals surface area contributed by atoms with Gasteiger partial charge in [0.25, 0.3) is 5.91 Å². The van der Waals surface area contributed by atoms with Gasteiger partial charge in [-0.25, -0.2) is 0 Å². The number of nitrogens with zero attached hydrogens (tertiary/aromatic N) is 1. The lowest BCUT2D eigenvalue weighted by Crippen LogP contribution is -2.45. The van der Waals surface area contributed by atoms with E-state index < -0.39 is 6.04 Å². The summed E-state index contributed by atoms with van der Waals surface area (Å²) in [5, 5.41) is 6.07. The summed E-state index contributed by atoms with van der Waals surface area (Å²) in [6.45, 7) is 5.04. The molecule has 5 nitrogen and oxygen atoms in total. The Morgan fingerprint density at radius 1 is 1.19 bits per heavy atom. The van der Waals surface area contributed by atoms with Crippen molar-refractivity contribution in [3.05, 3.63) is 34.9 Å². The number of fused-ring (bicyclic) bond motifs is 1. The number of rotatable bonds is 3. The molecule has 0 aromatic heterocycles. The standard InChI is InChI=1S/C16H21N3O2/c1-11(16(21)19-6-2-3-7-19)18-15(20)12-4-5-13-9-17-10-14(13)8-12/h4-5,8,11,17H,2-3,6-7,9-10H2,1H3,(H,18,20). The van der Waals surface area contributed by atoms with E-state index >= 15 is 0 Å². The van der Waals surface area contributed by atoms with E-state index in [1.165, 1.54) is 11.1 Å². The highest BCUT2D eigenvalue weighted by Gasteiger charge is 2.25. The molecule has 0 aliphatic carbocycles. The third-order valence-corrected chi connectivity index (χ3v) is 4.24. The number of hydrogen-bond donors (Lipinski definition) is 2. The van der Waals surface area contributed by atoms with E-state index in [2.05, 4.69) is 10.6 Å². The molecule has 2 N–H and O–H groups in total. The number of likely N-dealkylation sites (tertiary alicyclic amines) is 1. The SMILES string of the molecule is CC(NC(=O)c1ccc2c(c1)CNC2)C(=O)N1CCCC1. The number of hydrogen-bond acceptors (Lipinski definition) is 3. The molecule has 0 spiro atoms. The second kappa shape index (κ2) is 5.85. The number of carbonyl (C=O) groups is 2. The van der Waals surface area contributed by atoms with Crippen molar-refractivity contribution in [3.63, 3.8) is 0 Å². The van der Waals surface area contributed by atoms with Gasteiger partial charge in [0.2, 0.25) is 5.91 Å². The van der Waals surface area contributed by atoms with Crippen molar-refractivity contribution >= 4 is 11.8 Å². The fourth-order valence-corrected chi connectivity index (χ4v) is 2.99. The van der Waals surface area contributed by atoms with E-state index in [1.807, 2.05) is 23.1 Å². The second-order valence-electron chi connectivity index (χ2n) is 5.81. The summed E-state index contributed by atoms with van der Waals surface area (Å²) in [7, 11) is 0. The van der Waals surface area contributed by atoms with Gasteiger partial charge in [-0.1, -0.05) is 6.07 Å². The molecule has 1 aromatic carbocycles. The fourth-order valence-electron chi connectivity index (χ4n) is 2.99. The van der Waals surface area contributed by atoms with Crippen LogP contribution in [0.15, 0.2) is 18.2 Å². The van der Waals surface area contributed by atoms with Crippen LogP contribution in [-0.4, -0.2) is 35.8 Å². The average molecular weight is 287 g/mol. The van der Waals surface area contributed by atoms with E-state index in [1.54, 1.807) is 6.92 Å². The first-order chi connectivity index (χ1) is 10.1. The van der Waals surface area contributed by atoms with Crippen LogP contribution in [0.4, 0.5) is 0 Å². The van der Waals surface area contributed by atoms with Crippen molar-refractivity contribution in [2.75, 3.05) is 13.1 Å². The van der Waals surface area contributed by atoms with Crippen LogP contribution in [0, 0.1) is 0 Å². The lowest BCUT2D eigenvalue weighted by molar-refractivity contribution is -0.131. The highest BCUT2D eigenvalue weighted by atomic mass is 16.2. The van der Waals surface area contributed by atoms with Gasteiger partial charge in [0, 0.05) is 31.7 Å². The molecule has 3 rings (SSSR count). The van der Waals surface area contributed by atoms with E-state index in [9.17, 15) is 9.59 Å². The van der Waals surface area contributed by atoms with E-state index in [-0.39, 0.29) is 11.8 Å². The topological polar surface area (TPSA) is 61.4 Å². The summed E-state index contributed by atoms with van der Waals surface area (Å²) < 4.78 is 0. The van der Waals surface area contributed by atoms with E-state index in [0.29, 0.717) is 5.56 Å². The molecule has 0 radical (unpaired) electrons. The second-order valence-corrected chi connectivity index (χ2v) is 5.81. The van der Waals surface area contributed by atoms with Crippen LogP contribution in [0.1, 0.15) is 41.3 Å². The van der Waals surface area contributed by atoms with Crippen molar-refractivity contribution in [3.8, 4) is 0 Å². The summed E-state index contributed by atoms with van der Waals surface area (Å²) in [6, 6.07) is 5.25. The molecule has 1 atom stereocenters. The molecule has 2 aliphatic heterocycles. The highest BCUT2D eigenvalue weighted by Crippen LogP contribution is 2.17. The first-order valence-electron chi connectivity index (χ1n) is 7.57. The smallest absolute Gasteiger partial charge is 0.251 e. The Bertz CT molecular complexity index is 565. The monoisotopic (exact) mass is 287 g/mol. The molecule has 5 heteroatoms. The molecule has 0 saturated carbocycles. The molecule has 2 heterocycles. The van der Waals surface area contributed by atoms with Crippen LogP contribution in [0.2, 0.25) is 0 Å². The molecule has 1 unspecified atom stereocenters. The summed E-state index contributed by atoms with van der Waals surface area (Å²) >= 11 is 0. The highest BCUT2D eigenvalue weighted by molar-refractivity contribution is 5.97. The first kappa shape index (κ1) is 14.1. The van der Waals surface area contributed by atoms with Gasteiger partial charge in [0.15, 0.2) is 0 Å². The van der Waals surface area contributed by atoms with Crippen LogP contribution >= 0.6 is 0 Å². The Morgan fingerprint density at radius 2 is 1.90 bits per heavy atom. The quantitative estimate of drug-likeness (QED) is 0.873. The average Bonchev–Trinajstić information content (AvgIpc) is 3.16. The Morgan fingerprint density at radius 3 is 2.67 bits per heavy atom. The number of benzene rings is 1.